The van der Waals surface area contributed by atoms with Crippen molar-refractivity contribution in [1.29, 1.82) is 5.26 Å². The first-order valence-corrected chi connectivity index (χ1v) is 7.44. The third kappa shape index (κ3) is 3.13. The Balaban J connectivity index is 2.20. The summed E-state index contributed by atoms with van der Waals surface area (Å²) in [4.78, 5) is 2.21. The van der Waals surface area contributed by atoms with Crippen LogP contribution in [0.25, 0.3) is 0 Å². The number of nitrogens with zero attached hydrogens (tertiary/aromatic N) is 2. The first-order chi connectivity index (χ1) is 9.48. The van der Waals surface area contributed by atoms with E-state index in [-0.39, 0.29) is 0 Å². The molecular weight excluding hydrogens is 246 g/mol. The van der Waals surface area contributed by atoms with Crippen molar-refractivity contribution >= 4 is 5.69 Å². The second-order valence-electron chi connectivity index (χ2n) is 6.30. The van der Waals surface area contributed by atoms with Gasteiger partial charge in [-0.05, 0) is 51.2 Å². The van der Waals surface area contributed by atoms with Crippen LogP contribution in [0.5, 0.6) is 0 Å². The van der Waals surface area contributed by atoms with E-state index in [0.29, 0.717) is 12.0 Å². The van der Waals surface area contributed by atoms with Crippen LogP contribution in [0.4, 0.5) is 5.69 Å². The molecule has 0 spiro atoms. The molecule has 0 aliphatic heterocycles. The van der Waals surface area contributed by atoms with Crippen LogP contribution >= 0.6 is 0 Å². The summed E-state index contributed by atoms with van der Waals surface area (Å²) in [6.45, 7) is 7.08. The highest BCUT2D eigenvalue weighted by atomic mass is 15.2. The number of likely N-dealkylation sites (N-methyl/N-ethyl adjacent to an activating group) is 1. The largest absolute Gasteiger partial charge is 0.371 e. The van der Waals surface area contributed by atoms with E-state index in [1.807, 2.05) is 0 Å². The Morgan fingerprint density at radius 2 is 2.05 bits per heavy atom. The lowest BCUT2D eigenvalue weighted by Crippen LogP contribution is -2.56. The summed E-state index contributed by atoms with van der Waals surface area (Å²) in [5, 5.41) is 13.3. The number of nitriles is 1. The van der Waals surface area contributed by atoms with Gasteiger partial charge in [0.05, 0.1) is 6.07 Å². The van der Waals surface area contributed by atoms with Crippen molar-refractivity contribution in [2.24, 2.45) is 5.92 Å². The summed E-state index contributed by atoms with van der Waals surface area (Å²) in [5.41, 5.74) is 2.03. The van der Waals surface area contributed by atoms with Crippen LogP contribution in [0.15, 0.2) is 24.3 Å². The van der Waals surface area contributed by atoms with Crippen LogP contribution < -0.4 is 10.2 Å². The minimum absolute atomic E-state index is 0.320. The second kappa shape index (κ2) is 5.85. The van der Waals surface area contributed by atoms with Crippen LogP contribution in [0.1, 0.15) is 32.3 Å². The smallest absolute Gasteiger partial charge is 0.127 e. The van der Waals surface area contributed by atoms with Gasteiger partial charge in [-0.3, -0.25) is 5.32 Å². The van der Waals surface area contributed by atoms with Crippen molar-refractivity contribution in [1.82, 2.24) is 5.32 Å². The van der Waals surface area contributed by atoms with E-state index < -0.39 is 5.54 Å². The molecule has 3 nitrogen and oxygen atoms in total. The van der Waals surface area contributed by atoms with Crippen molar-refractivity contribution in [3.63, 3.8) is 0 Å². The molecule has 1 fully saturated rings. The normalized spacial score (nSPS) is 17.6. The van der Waals surface area contributed by atoms with Crippen LogP contribution in [0.2, 0.25) is 0 Å². The topological polar surface area (TPSA) is 39.1 Å². The monoisotopic (exact) mass is 271 g/mol. The predicted octanol–water partition coefficient (Wildman–Crippen LogP) is 3.10. The molecule has 3 heteroatoms. The van der Waals surface area contributed by atoms with E-state index >= 15 is 0 Å². The van der Waals surface area contributed by atoms with Gasteiger partial charge in [-0.15, -0.1) is 0 Å². The molecule has 1 aromatic rings. The van der Waals surface area contributed by atoms with Gasteiger partial charge in [-0.1, -0.05) is 18.2 Å². The average Bonchev–Trinajstić information content (AvgIpc) is 3.22. The second-order valence-corrected chi connectivity index (χ2v) is 6.30. The van der Waals surface area contributed by atoms with Gasteiger partial charge in [0, 0.05) is 25.3 Å². The molecule has 0 aromatic heterocycles. The summed E-state index contributed by atoms with van der Waals surface area (Å²) >= 11 is 0. The standard InChI is InChI=1S/C17H25N3/c1-13(2)19-17(11-18,15-9-10-15)12-20(4)16-8-6-5-7-14(16)3/h5-8,13,15,19H,9-10,12H2,1-4H3. The number of rotatable bonds is 6. The molecule has 1 N–H and O–H groups in total. The highest BCUT2D eigenvalue weighted by Gasteiger charge is 2.46. The summed E-state index contributed by atoms with van der Waals surface area (Å²) in [6.07, 6.45) is 2.32. The fourth-order valence-corrected chi connectivity index (χ4v) is 2.99. The van der Waals surface area contributed by atoms with Gasteiger partial charge in [0.2, 0.25) is 0 Å². The van der Waals surface area contributed by atoms with Crippen LogP contribution in [0.3, 0.4) is 0 Å². The number of nitrogens with one attached hydrogen (secondary N) is 1. The molecule has 1 saturated carbocycles. The summed E-state index contributed by atoms with van der Waals surface area (Å²) in [5.74, 6) is 0.487. The van der Waals surface area contributed by atoms with E-state index in [9.17, 15) is 5.26 Å². The van der Waals surface area contributed by atoms with E-state index in [1.54, 1.807) is 0 Å². The van der Waals surface area contributed by atoms with E-state index in [2.05, 4.69) is 68.4 Å². The molecule has 0 amide bonds. The number of benzene rings is 1. The fraction of sp³-hybridized carbons (Fsp3) is 0.588. The van der Waals surface area contributed by atoms with Gasteiger partial charge in [0.25, 0.3) is 0 Å². The van der Waals surface area contributed by atoms with Gasteiger partial charge in [-0.2, -0.15) is 5.26 Å². The molecule has 1 atom stereocenters. The van der Waals surface area contributed by atoms with Gasteiger partial charge < -0.3 is 4.90 Å². The highest BCUT2D eigenvalue weighted by Crippen LogP contribution is 2.40. The molecule has 0 radical (unpaired) electrons. The Labute approximate surface area is 122 Å². The van der Waals surface area contributed by atoms with Crippen molar-refractivity contribution in [2.45, 2.75) is 45.2 Å². The van der Waals surface area contributed by atoms with Crippen LogP contribution in [-0.4, -0.2) is 25.2 Å². The Morgan fingerprint density at radius 3 is 2.55 bits per heavy atom. The lowest BCUT2D eigenvalue weighted by molar-refractivity contribution is 0.339. The molecule has 1 aliphatic carbocycles. The molecule has 2 rings (SSSR count). The van der Waals surface area contributed by atoms with E-state index in [1.165, 1.54) is 11.3 Å². The number of hydrogen-bond acceptors (Lipinski definition) is 3. The molecule has 1 unspecified atom stereocenters. The maximum Gasteiger partial charge on any atom is 0.127 e. The summed E-state index contributed by atoms with van der Waals surface area (Å²) < 4.78 is 0. The fourth-order valence-electron chi connectivity index (χ4n) is 2.99. The molecule has 0 heterocycles. The van der Waals surface area contributed by atoms with Crippen molar-refractivity contribution < 1.29 is 0 Å². The maximum atomic E-state index is 9.76. The summed E-state index contributed by atoms with van der Waals surface area (Å²) in [7, 11) is 2.08. The molecule has 1 aliphatic rings. The van der Waals surface area contributed by atoms with Gasteiger partial charge >= 0.3 is 0 Å². The average molecular weight is 271 g/mol. The number of hydrogen-bond donors (Lipinski definition) is 1. The Bertz CT molecular complexity index is 499. The maximum absolute atomic E-state index is 9.76. The van der Waals surface area contributed by atoms with Crippen molar-refractivity contribution in [3.8, 4) is 6.07 Å². The Kier molecular flexibility index (Phi) is 4.35. The van der Waals surface area contributed by atoms with Crippen molar-refractivity contribution in [3.05, 3.63) is 29.8 Å². The van der Waals surface area contributed by atoms with Gasteiger partial charge in [0.15, 0.2) is 0 Å². The molecule has 1 aromatic carbocycles. The lowest BCUT2D eigenvalue weighted by atomic mass is 9.92. The minimum atomic E-state index is -0.425. The Morgan fingerprint density at radius 1 is 1.40 bits per heavy atom. The first-order valence-electron chi connectivity index (χ1n) is 7.44. The minimum Gasteiger partial charge on any atom is -0.371 e. The van der Waals surface area contributed by atoms with Gasteiger partial charge in [0.1, 0.15) is 5.54 Å². The summed E-state index contributed by atoms with van der Waals surface area (Å²) in [6, 6.07) is 11.2. The lowest BCUT2D eigenvalue weighted by Gasteiger charge is -2.35. The van der Waals surface area contributed by atoms with E-state index in [4.69, 9.17) is 0 Å². The molecule has 0 bridgehead atoms. The first kappa shape index (κ1) is 14.9. The molecule has 20 heavy (non-hydrogen) atoms. The third-order valence-electron chi connectivity index (χ3n) is 4.03. The zero-order chi connectivity index (χ0) is 14.8. The van der Waals surface area contributed by atoms with E-state index in [0.717, 1.165) is 19.4 Å². The SMILES string of the molecule is Cc1ccccc1N(C)CC(C#N)(NC(C)C)C1CC1. The zero-order valence-electron chi connectivity index (χ0n) is 13.0. The number of anilines is 1. The molecule has 0 saturated heterocycles. The Hall–Kier alpha value is -1.53. The molecule has 108 valence electrons. The number of aryl methyl sites for hydroxylation is 1. The predicted molar refractivity (Wildman–Crippen MR) is 83.8 cm³/mol. The molecular formula is C17H25N3. The zero-order valence-corrected chi connectivity index (χ0v) is 13.0. The third-order valence-corrected chi connectivity index (χ3v) is 4.03. The van der Waals surface area contributed by atoms with Crippen molar-refractivity contribution in [2.75, 3.05) is 18.5 Å². The highest BCUT2D eigenvalue weighted by molar-refractivity contribution is 5.53. The number of para-hydroxylation sites is 1. The quantitative estimate of drug-likeness (QED) is 0.864. The van der Waals surface area contributed by atoms with Gasteiger partial charge in [-0.25, -0.2) is 0 Å². The van der Waals surface area contributed by atoms with Crippen LogP contribution in [-0.2, 0) is 0 Å². The van der Waals surface area contributed by atoms with Crippen LogP contribution in [0, 0.1) is 24.2 Å².